The summed E-state index contributed by atoms with van der Waals surface area (Å²) in [6.07, 6.45) is 1.71. The number of hydrogen-bond donors (Lipinski definition) is 0. The Labute approximate surface area is 279 Å². The predicted octanol–water partition coefficient (Wildman–Crippen LogP) is 8.87. The number of nitrogens with zero attached hydrogens (tertiary/aromatic N) is 3. The zero-order chi connectivity index (χ0) is 30.7. The summed E-state index contributed by atoms with van der Waals surface area (Å²) in [5.41, 5.74) is 6.46. The summed E-state index contributed by atoms with van der Waals surface area (Å²) in [6.45, 7) is 11.4. The summed E-state index contributed by atoms with van der Waals surface area (Å²) < 4.78 is 15.5. The van der Waals surface area contributed by atoms with Crippen LogP contribution in [0, 0.1) is 21.0 Å². The zero-order valence-corrected chi connectivity index (χ0v) is 29.1. The van der Waals surface area contributed by atoms with Gasteiger partial charge in [0.2, 0.25) is 0 Å². The lowest BCUT2D eigenvalue weighted by Gasteiger charge is -2.18. The van der Waals surface area contributed by atoms with Gasteiger partial charge in [-0.2, -0.15) is 9.78 Å². The van der Waals surface area contributed by atoms with Crippen LogP contribution in [0.1, 0.15) is 54.5 Å². The molecule has 0 spiro atoms. The van der Waals surface area contributed by atoms with E-state index in [1.807, 2.05) is 50.2 Å². The van der Waals surface area contributed by atoms with Crippen LogP contribution in [0.25, 0.3) is 22.3 Å². The molecule has 0 radical (unpaired) electrons. The highest BCUT2D eigenvalue weighted by Gasteiger charge is 2.19. The quantitative estimate of drug-likeness (QED) is 0.111. The predicted molar refractivity (Wildman–Crippen MR) is 192 cm³/mol. The van der Waals surface area contributed by atoms with Gasteiger partial charge in [-0.15, -0.1) is 0 Å². The molecule has 0 saturated heterocycles. The van der Waals surface area contributed by atoms with Gasteiger partial charge in [0, 0.05) is 5.56 Å². The van der Waals surface area contributed by atoms with E-state index in [0.29, 0.717) is 29.9 Å². The Morgan fingerprint density at radius 2 is 1.65 bits per heavy atom. The van der Waals surface area contributed by atoms with Gasteiger partial charge in [-0.05, 0) is 131 Å². The summed E-state index contributed by atoms with van der Waals surface area (Å²) in [6, 6.07) is 23.9. The van der Waals surface area contributed by atoms with Crippen LogP contribution in [0.15, 0.2) is 82.7 Å². The van der Waals surface area contributed by atoms with Gasteiger partial charge in [0.05, 0.1) is 30.9 Å². The maximum absolute atomic E-state index is 13.8. The van der Waals surface area contributed by atoms with Gasteiger partial charge in [-0.1, -0.05) is 55.8 Å². The molecule has 0 bridgehead atoms. The van der Waals surface area contributed by atoms with Crippen molar-refractivity contribution < 1.29 is 9.47 Å². The molecule has 1 heterocycles. The Bertz CT molecular complexity index is 1860. The lowest BCUT2D eigenvalue weighted by Crippen LogP contribution is -2.21. The van der Waals surface area contributed by atoms with Gasteiger partial charge in [-0.3, -0.25) is 4.79 Å². The average Bonchev–Trinajstić information content (AvgIpc) is 2.97. The third-order valence-electron chi connectivity index (χ3n) is 7.12. The number of aryl methyl sites for hydroxylation is 2. The van der Waals surface area contributed by atoms with Crippen molar-refractivity contribution in [3.8, 4) is 22.9 Å². The molecule has 8 heteroatoms. The fourth-order valence-electron chi connectivity index (χ4n) is 4.83. The number of fused-ring (bicyclic) bond motifs is 1. The number of rotatable bonds is 9. The number of ether oxygens (including phenoxy) is 2. The van der Waals surface area contributed by atoms with E-state index in [0.717, 1.165) is 46.5 Å². The van der Waals surface area contributed by atoms with Crippen molar-refractivity contribution in [3.05, 3.63) is 118 Å². The van der Waals surface area contributed by atoms with Crippen molar-refractivity contribution in [3.63, 3.8) is 0 Å². The maximum atomic E-state index is 13.8. The minimum atomic E-state index is -0.223. The van der Waals surface area contributed by atoms with Crippen molar-refractivity contribution >= 4 is 62.3 Å². The Morgan fingerprint density at radius 1 is 0.953 bits per heavy atom. The second-order valence-corrected chi connectivity index (χ2v) is 13.0. The van der Waals surface area contributed by atoms with Gasteiger partial charge in [0.25, 0.3) is 5.56 Å². The Morgan fingerprint density at radius 3 is 2.33 bits per heavy atom. The third kappa shape index (κ3) is 6.95. The molecule has 0 fully saturated rings. The van der Waals surface area contributed by atoms with Crippen LogP contribution in [0.3, 0.4) is 0 Å². The average molecular weight is 797 g/mol. The van der Waals surface area contributed by atoms with Crippen LogP contribution in [0.4, 0.5) is 0 Å². The molecule has 0 aliphatic heterocycles. The number of aromatic nitrogens is 2. The van der Waals surface area contributed by atoms with E-state index in [9.17, 15) is 4.79 Å². The molecule has 5 rings (SSSR count). The van der Waals surface area contributed by atoms with Crippen molar-refractivity contribution in [2.45, 2.75) is 47.1 Å². The number of benzene rings is 4. The van der Waals surface area contributed by atoms with E-state index in [2.05, 4.69) is 96.3 Å². The molecule has 6 nitrogen and oxygen atoms in total. The highest BCUT2D eigenvalue weighted by Crippen LogP contribution is 2.34. The monoisotopic (exact) mass is 797 g/mol. The van der Waals surface area contributed by atoms with E-state index in [4.69, 9.17) is 19.6 Å². The summed E-state index contributed by atoms with van der Waals surface area (Å²) in [5.74, 6) is 2.40. The summed E-state index contributed by atoms with van der Waals surface area (Å²) >= 11 is 4.58. The van der Waals surface area contributed by atoms with Gasteiger partial charge in [0.1, 0.15) is 18.1 Å². The molecule has 0 amide bonds. The van der Waals surface area contributed by atoms with Gasteiger partial charge >= 0.3 is 0 Å². The fourth-order valence-corrected chi connectivity index (χ4v) is 6.96. The number of para-hydroxylation sites is 1. The van der Waals surface area contributed by atoms with E-state index < -0.39 is 0 Å². The normalized spacial score (nSPS) is 11.5. The highest BCUT2D eigenvalue weighted by atomic mass is 127. The Balaban J connectivity index is 1.56. The molecule has 43 heavy (non-hydrogen) atoms. The zero-order valence-electron chi connectivity index (χ0n) is 24.8. The largest absolute Gasteiger partial charge is 0.494 e. The van der Waals surface area contributed by atoms with Crippen molar-refractivity contribution in [2.75, 3.05) is 6.61 Å². The van der Waals surface area contributed by atoms with Crippen LogP contribution in [0.2, 0.25) is 0 Å². The van der Waals surface area contributed by atoms with Gasteiger partial charge in [-0.25, -0.2) is 4.98 Å². The smallest absolute Gasteiger partial charge is 0.282 e. The second-order valence-electron chi connectivity index (χ2n) is 10.7. The fraction of sp³-hybridized carbons (Fsp3) is 0.229. The maximum Gasteiger partial charge on any atom is 0.282 e. The highest BCUT2D eigenvalue weighted by molar-refractivity contribution is 14.1. The topological polar surface area (TPSA) is 65.7 Å². The summed E-state index contributed by atoms with van der Waals surface area (Å²) in [4.78, 5) is 18.8. The first-order valence-electron chi connectivity index (χ1n) is 14.2. The van der Waals surface area contributed by atoms with E-state index >= 15 is 0 Å². The molecule has 0 N–H and O–H groups in total. The van der Waals surface area contributed by atoms with Crippen LogP contribution in [-0.4, -0.2) is 22.5 Å². The second kappa shape index (κ2) is 13.6. The van der Waals surface area contributed by atoms with Crippen molar-refractivity contribution in [1.29, 1.82) is 0 Å². The first-order chi connectivity index (χ1) is 20.7. The van der Waals surface area contributed by atoms with Crippen LogP contribution < -0.4 is 15.0 Å². The summed E-state index contributed by atoms with van der Waals surface area (Å²) in [5, 5.41) is 5.24. The minimum absolute atomic E-state index is 0.223. The van der Waals surface area contributed by atoms with E-state index in [1.54, 1.807) is 12.3 Å². The van der Waals surface area contributed by atoms with Crippen molar-refractivity contribution in [2.24, 2.45) is 5.10 Å². The summed E-state index contributed by atoms with van der Waals surface area (Å²) in [7, 11) is 0. The third-order valence-corrected chi connectivity index (χ3v) is 8.72. The molecule has 4 aromatic carbocycles. The lowest BCUT2D eigenvalue weighted by molar-refractivity contribution is 0.301. The molecule has 0 saturated carbocycles. The molecule has 5 aromatic rings. The van der Waals surface area contributed by atoms with E-state index in [1.165, 1.54) is 10.2 Å². The Hall–Kier alpha value is -3.25. The number of hydrogen-bond acceptors (Lipinski definition) is 5. The molecule has 0 unspecified atom stereocenters. The van der Waals surface area contributed by atoms with Crippen LogP contribution in [0.5, 0.6) is 11.5 Å². The first-order valence-corrected chi connectivity index (χ1v) is 16.3. The molecule has 1 aromatic heterocycles. The number of halogens is 2. The molecule has 0 aliphatic rings. The minimum Gasteiger partial charge on any atom is -0.494 e. The standard InChI is InChI=1S/C35H33I2N3O3/c1-6-42-32-15-23(5)28(18-27(32)21(2)3)34-39-31-10-8-7-9-26(31)35(41)40(34)38-19-25-16-29(36)33(30(37)17-25)43-20-24-13-11-22(4)12-14-24/h7-19,21H,6,20H2,1-5H3. The van der Waals surface area contributed by atoms with E-state index in [-0.39, 0.29) is 11.5 Å². The van der Waals surface area contributed by atoms with Gasteiger partial charge in [0.15, 0.2) is 5.82 Å². The molecule has 220 valence electrons. The molecular formula is C35H33I2N3O3. The van der Waals surface area contributed by atoms with Crippen molar-refractivity contribution in [1.82, 2.24) is 9.66 Å². The Kier molecular flexibility index (Phi) is 9.85. The molecule has 0 aliphatic carbocycles. The SMILES string of the molecule is CCOc1cc(C)c(-c2nc3ccccc3c(=O)n2N=Cc2cc(I)c(OCc3ccc(C)cc3)c(I)c2)cc1C(C)C. The molecule has 0 atom stereocenters. The van der Waals surface area contributed by atoms with Crippen LogP contribution in [-0.2, 0) is 6.61 Å². The lowest BCUT2D eigenvalue weighted by atomic mass is 9.96. The first kappa shape index (κ1) is 31.2. The van der Waals surface area contributed by atoms with Gasteiger partial charge < -0.3 is 9.47 Å². The van der Waals surface area contributed by atoms with Crippen LogP contribution >= 0.6 is 45.2 Å². The molecular weight excluding hydrogens is 764 g/mol.